The van der Waals surface area contributed by atoms with Crippen LogP contribution in [0.5, 0.6) is 5.75 Å². The van der Waals surface area contributed by atoms with Crippen LogP contribution in [-0.4, -0.2) is 50.9 Å². The number of carbonyl (C=O) groups is 2. The van der Waals surface area contributed by atoms with E-state index < -0.39 is 40.2 Å². The Labute approximate surface area is 270 Å². The van der Waals surface area contributed by atoms with Crippen LogP contribution in [0, 0.1) is 12.7 Å². The first kappa shape index (κ1) is 34.2. The van der Waals surface area contributed by atoms with Crippen LogP contribution >= 0.6 is 0 Å². The van der Waals surface area contributed by atoms with Gasteiger partial charge < -0.3 is 15.0 Å². The molecule has 0 unspecified atom stereocenters. The molecule has 0 heterocycles. The Morgan fingerprint density at radius 2 is 1.59 bits per heavy atom. The summed E-state index contributed by atoms with van der Waals surface area (Å²) in [6.45, 7) is 4.73. The maximum Gasteiger partial charge on any atom is 0.264 e. The van der Waals surface area contributed by atoms with E-state index in [1.165, 1.54) is 36.3 Å². The highest BCUT2D eigenvalue weighted by molar-refractivity contribution is 7.92. The largest absolute Gasteiger partial charge is 0.497 e. The molecule has 1 N–H and O–H groups in total. The number of nitrogens with one attached hydrogen (secondary N) is 1. The molecule has 2 atom stereocenters. The van der Waals surface area contributed by atoms with E-state index in [0.717, 1.165) is 15.4 Å². The van der Waals surface area contributed by atoms with E-state index in [1.54, 1.807) is 48.5 Å². The zero-order valence-electron chi connectivity index (χ0n) is 26.5. The van der Waals surface area contributed by atoms with Gasteiger partial charge in [0.25, 0.3) is 10.0 Å². The zero-order chi connectivity index (χ0) is 33.3. The smallest absolute Gasteiger partial charge is 0.264 e. The van der Waals surface area contributed by atoms with Crippen molar-refractivity contribution in [3.05, 3.63) is 126 Å². The minimum Gasteiger partial charge on any atom is -0.497 e. The van der Waals surface area contributed by atoms with Crippen molar-refractivity contribution in [2.24, 2.45) is 0 Å². The van der Waals surface area contributed by atoms with Gasteiger partial charge in [-0.3, -0.25) is 13.9 Å². The van der Waals surface area contributed by atoms with Gasteiger partial charge in [0, 0.05) is 30.6 Å². The number of ether oxygens (including phenoxy) is 1. The second-order valence-corrected chi connectivity index (χ2v) is 13.0. The topological polar surface area (TPSA) is 96.0 Å². The Balaban J connectivity index is 1.83. The average molecular weight is 646 g/mol. The van der Waals surface area contributed by atoms with Gasteiger partial charge in [-0.25, -0.2) is 12.8 Å². The lowest BCUT2D eigenvalue weighted by atomic mass is 10.0. The molecule has 2 amide bonds. The summed E-state index contributed by atoms with van der Waals surface area (Å²) in [6.07, 6.45) is 0.788. The van der Waals surface area contributed by atoms with Gasteiger partial charge in [0.15, 0.2) is 0 Å². The Hall–Kier alpha value is -4.70. The Bertz CT molecular complexity index is 1730. The molecule has 0 aliphatic heterocycles. The van der Waals surface area contributed by atoms with Crippen LogP contribution < -0.4 is 14.4 Å². The van der Waals surface area contributed by atoms with Crippen molar-refractivity contribution in [2.75, 3.05) is 18.0 Å². The van der Waals surface area contributed by atoms with Crippen molar-refractivity contribution in [3.8, 4) is 5.75 Å². The molecule has 4 rings (SSSR count). The van der Waals surface area contributed by atoms with Gasteiger partial charge in [0.1, 0.15) is 24.2 Å². The number of carbonyl (C=O) groups excluding carboxylic acids is 2. The van der Waals surface area contributed by atoms with Crippen LogP contribution in [0.25, 0.3) is 0 Å². The molecule has 8 nitrogen and oxygen atoms in total. The van der Waals surface area contributed by atoms with Crippen LogP contribution in [0.15, 0.2) is 108 Å². The summed E-state index contributed by atoms with van der Waals surface area (Å²) in [7, 11) is -2.82. The second-order valence-electron chi connectivity index (χ2n) is 11.2. The van der Waals surface area contributed by atoms with Crippen molar-refractivity contribution < 1.29 is 27.1 Å². The molecule has 0 radical (unpaired) electrons. The van der Waals surface area contributed by atoms with Crippen LogP contribution in [-0.2, 0) is 32.6 Å². The van der Waals surface area contributed by atoms with Crippen molar-refractivity contribution in [1.29, 1.82) is 0 Å². The fourth-order valence-electron chi connectivity index (χ4n) is 4.94. The van der Waals surface area contributed by atoms with Gasteiger partial charge in [-0.15, -0.1) is 0 Å². The minimum absolute atomic E-state index is 0.00952. The lowest BCUT2D eigenvalue weighted by Gasteiger charge is -2.34. The molecular weight excluding hydrogens is 605 g/mol. The summed E-state index contributed by atoms with van der Waals surface area (Å²) in [5.41, 5.74) is 2.05. The third kappa shape index (κ3) is 8.51. The summed E-state index contributed by atoms with van der Waals surface area (Å²) >= 11 is 0. The highest BCUT2D eigenvalue weighted by Gasteiger charge is 2.35. The number of hydrogen-bond donors (Lipinski definition) is 1. The molecule has 0 aliphatic carbocycles. The molecular formula is C36H40FN3O5S. The molecule has 4 aromatic carbocycles. The summed E-state index contributed by atoms with van der Waals surface area (Å²) in [5.74, 6) is -1.25. The fourth-order valence-corrected chi connectivity index (χ4v) is 6.34. The SMILES string of the molecule is CC[C@@H](C)NC(=O)[C@H](Cc1ccccc1)N(Cc1ccccc1F)C(=O)CN(c1cccc(OC)c1)S(=O)(=O)c1ccc(C)cc1. The fraction of sp³-hybridized carbons (Fsp3) is 0.278. The van der Waals surface area contributed by atoms with Crippen LogP contribution in [0.3, 0.4) is 0 Å². The molecule has 0 spiro atoms. The monoisotopic (exact) mass is 645 g/mol. The summed E-state index contributed by atoms with van der Waals surface area (Å²) in [4.78, 5) is 29.7. The molecule has 0 saturated carbocycles. The number of amides is 2. The minimum atomic E-state index is -4.28. The molecule has 0 aromatic heterocycles. The number of anilines is 1. The van der Waals surface area contributed by atoms with Gasteiger partial charge in [-0.2, -0.15) is 0 Å². The van der Waals surface area contributed by atoms with Crippen LogP contribution in [0.2, 0.25) is 0 Å². The van der Waals surface area contributed by atoms with Crippen molar-refractivity contribution in [3.63, 3.8) is 0 Å². The van der Waals surface area contributed by atoms with E-state index in [-0.39, 0.29) is 35.2 Å². The van der Waals surface area contributed by atoms with E-state index in [1.807, 2.05) is 51.1 Å². The highest BCUT2D eigenvalue weighted by atomic mass is 32.2. The van der Waals surface area contributed by atoms with Crippen LogP contribution in [0.4, 0.5) is 10.1 Å². The van der Waals surface area contributed by atoms with Gasteiger partial charge in [-0.1, -0.05) is 79.2 Å². The van der Waals surface area contributed by atoms with Gasteiger partial charge in [0.2, 0.25) is 11.8 Å². The third-order valence-corrected chi connectivity index (χ3v) is 9.59. The number of hydrogen-bond acceptors (Lipinski definition) is 5. The second kappa shape index (κ2) is 15.5. The number of aryl methyl sites for hydroxylation is 1. The normalized spacial score (nSPS) is 12.5. The predicted molar refractivity (Wildman–Crippen MR) is 177 cm³/mol. The first-order valence-corrected chi connectivity index (χ1v) is 16.6. The number of rotatable bonds is 14. The maximum absolute atomic E-state index is 15.1. The molecule has 0 saturated heterocycles. The van der Waals surface area contributed by atoms with Crippen LogP contribution in [0.1, 0.15) is 37.0 Å². The molecule has 0 fully saturated rings. The number of halogens is 1. The van der Waals surface area contributed by atoms with E-state index in [0.29, 0.717) is 12.2 Å². The lowest BCUT2D eigenvalue weighted by molar-refractivity contribution is -0.140. The Morgan fingerprint density at radius 1 is 0.913 bits per heavy atom. The Morgan fingerprint density at radius 3 is 2.24 bits per heavy atom. The maximum atomic E-state index is 15.1. The quantitative estimate of drug-likeness (QED) is 0.185. The van der Waals surface area contributed by atoms with E-state index >= 15 is 4.39 Å². The summed E-state index contributed by atoms with van der Waals surface area (Å²) < 4.78 is 49.8. The molecule has 10 heteroatoms. The molecule has 0 aliphatic rings. The summed E-state index contributed by atoms with van der Waals surface area (Å²) in [5, 5.41) is 2.97. The molecule has 46 heavy (non-hydrogen) atoms. The first-order valence-electron chi connectivity index (χ1n) is 15.1. The molecule has 242 valence electrons. The third-order valence-electron chi connectivity index (χ3n) is 7.80. The first-order chi connectivity index (χ1) is 22.0. The number of methoxy groups -OCH3 is 1. The molecule has 0 bridgehead atoms. The number of benzene rings is 4. The van der Waals surface area contributed by atoms with E-state index in [9.17, 15) is 18.0 Å². The molecule has 4 aromatic rings. The standard InChI is InChI=1S/C36H40FN3O5S/c1-5-27(3)38-36(42)34(22-28-12-7-6-8-13-28)39(24-29-14-9-10-17-33(29)37)35(41)25-40(30-15-11-16-31(23-30)45-4)46(43,44)32-20-18-26(2)19-21-32/h6-21,23,27,34H,5,22,24-25H2,1-4H3,(H,38,42)/t27-,34+/m1/s1. The summed E-state index contributed by atoms with van der Waals surface area (Å²) in [6, 6.07) is 26.7. The average Bonchev–Trinajstić information content (AvgIpc) is 3.06. The van der Waals surface area contributed by atoms with Crippen molar-refractivity contribution in [2.45, 2.75) is 57.1 Å². The lowest BCUT2D eigenvalue weighted by Crippen LogP contribution is -2.54. The van der Waals surface area contributed by atoms with Gasteiger partial charge >= 0.3 is 0 Å². The van der Waals surface area contributed by atoms with Crippen molar-refractivity contribution >= 4 is 27.5 Å². The van der Waals surface area contributed by atoms with Crippen molar-refractivity contribution in [1.82, 2.24) is 10.2 Å². The van der Waals surface area contributed by atoms with Gasteiger partial charge in [-0.05, 0) is 56.2 Å². The van der Waals surface area contributed by atoms with E-state index in [2.05, 4.69) is 5.32 Å². The number of nitrogens with zero attached hydrogens (tertiary/aromatic N) is 2. The predicted octanol–water partition coefficient (Wildman–Crippen LogP) is 5.89. The van der Waals surface area contributed by atoms with Gasteiger partial charge in [0.05, 0.1) is 17.7 Å². The Kier molecular flexibility index (Phi) is 11.5. The number of sulfonamides is 1. The van der Waals surface area contributed by atoms with E-state index in [4.69, 9.17) is 4.74 Å². The zero-order valence-corrected chi connectivity index (χ0v) is 27.3. The highest BCUT2D eigenvalue weighted by Crippen LogP contribution is 2.28.